The van der Waals surface area contributed by atoms with Crippen LogP contribution in [0.4, 0.5) is 4.39 Å². The van der Waals surface area contributed by atoms with Crippen LogP contribution >= 0.6 is 11.3 Å². The van der Waals surface area contributed by atoms with Gasteiger partial charge in [0.05, 0.1) is 5.01 Å². The third-order valence-corrected chi connectivity index (χ3v) is 4.02. The fourth-order valence-corrected chi connectivity index (χ4v) is 3.15. The van der Waals surface area contributed by atoms with Gasteiger partial charge in [-0.05, 0) is 57.0 Å². The van der Waals surface area contributed by atoms with Gasteiger partial charge in [-0.3, -0.25) is 0 Å². The first kappa shape index (κ1) is 14.2. The predicted octanol–water partition coefficient (Wildman–Crippen LogP) is 3.21. The van der Waals surface area contributed by atoms with Gasteiger partial charge in [0.15, 0.2) is 0 Å². The van der Waals surface area contributed by atoms with Crippen molar-refractivity contribution in [2.45, 2.75) is 19.8 Å². The first-order valence-corrected chi connectivity index (χ1v) is 7.29. The molecule has 0 spiro atoms. The Hall–Kier alpha value is -1.26. The van der Waals surface area contributed by atoms with Gasteiger partial charge in [0.2, 0.25) is 0 Å². The molecule has 0 radical (unpaired) electrons. The normalized spacial score (nSPS) is 12.6. The Balaban J connectivity index is 2.01. The predicted molar refractivity (Wildman–Crippen MR) is 78.1 cm³/mol. The van der Waals surface area contributed by atoms with Gasteiger partial charge in [-0.15, -0.1) is 11.3 Å². The number of benzene rings is 1. The van der Waals surface area contributed by atoms with E-state index in [4.69, 9.17) is 0 Å². The fourth-order valence-electron chi connectivity index (χ4n) is 2.24. The molecule has 0 aliphatic carbocycles. The highest BCUT2D eigenvalue weighted by molar-refractivity contribution is 7.11. The van der Waals surface area contributed by atoms with Gasteiger partial charge < -0.3 is 5.32 Å². The Labute approximate surface area is 117 Å². The van der Waals surface area contributed by atoms with E-state index in [1.165, 1.54) is 22.6 Å². The molecule has 0 aliphatic heterocycles. The molecule has 2 nitrogen and oxygen atoms in total. The minimum absolute atomic E-state index is 0.174. The molecule has 1 N–H and O–H groups in total. The molecule has 0 bridgehead atoms. The second kappa shape index (κ2) is 6.78. The van der Waals surface area contributed by atoms with Crippen LogP contribution in [0.2, 0.25) is 0 Å². The zero-order chi connectivity index (χ0) is 13.7. The van der Waals surface area contributed by atoms with Crippen LogP contribution in [0.1, 0.15) is 15.4 Å². The van der Waals surface area contributed by atoms with Crippen molar-refractivity contribution < 1.29 is 4.39 Å². The van der Waals surface area contributed by atoms with Crippen molar-refractivity contribution in [3.05, 3.63) is 51.7 Å². The lowest BCUT2D eigenvalue weighted by Crippen LogP contribution is -2.22. The second-order valence-corrected chi connectivity index (χ2v) is 6.12. The third-order valence-electron chi connectivity index (χ3n) is 3.09. The minimum atomic E-state index is -0.174. The minimum Gasteiger partial charge on any atom is -0.319 e. The Morgan fingerprint density at radius 1 is 1.26 bits per heavy atom. The molecule has 0 amide bonds. The fraction of sp³-hybridized carbons (Fsp3) is 0.400. The van der Waals surface area contributed by atoms with Crippen LogP contribution in [0.25, 0.3) is 0 Å². The molecule has 1 aromatic carbocycles. The summed E-state index contributed by atoms with van der Waals surface area (Å²) in [5.74, 6) is 0.335. The maximum absolute atomic E-state index is 12.9. The first-order valence-electron chi connectivity index (χ1n) is 6.47. The molecule has 1 unspecified atom stereocenters. The third kappa shape index (κ3) is 4.40. The monoisotopic (exact) mass is 278 g/mol. The van der Waals surface area contributed by atoms with Gasteiger partial charge in [-0.25, -0.2) is 9.37 Å². The molecular formula is C15H19FN2S. The van der Waals surface area contributed by atoms with E-state index in [2.05, 4.69) is 10.3 Å². The van der Waals surface area contributed by atoms with Crippen LogP contribution in [-0.4, -0.2) is 18.6 Å². The van der Waals surface area contributed by atoms with Crippen LogP contribution < -0.4 is 5.32 Å². The van der Waals surface area contributed by atoms with Gasteiger partial charge in [-0.2, -0.15) is 0 Å². The van der Waals surface area contributed by atoms with Crippen LogP contribution in [0.3, 0.4) is 0 Å². The lowest BCUT2D eigenvalue weighted by molar-refractivity contribution is 0.495. The van der Waals surface area contributed by atoms with Gasteiger partial charge in [-0.1, -0.05) is 12.1 Å². The Morgan fingerprint density at radius 3 is 2.58 bits per heavy atom. The second-order valence-electron chi connectivity index (χ2n) is 4.80. The van der Waals surface area contributed by atoms with E-state index in [1.807, 2.05) is 32.3 Å². The number of hydrogen-bond acceptors (Lipinski definition) is 3. The van der Waals surface area contributed by atoms with E-state index in [0.29, 0.717) is 5.92 Å². The summed E-state index contributed by atoms with van der Waals surface area (Å²) < 4.78 is 12.9. The van der Waals surface area contributed by atoms with E-state index in [9.17, 15) is 4.39 Å². The molecule has 19 heavy (non-hydrogen) atoms. The SMILES string of the molecule is CNCC(Cc1ccc(F)cc1)Cc1cnc(C)s1. The van der Waals surface area contributed by atoms with Crippen molar-refractivity contribution in [1.82, 2.24) is 10.3 Å². The van der Waals surface area contributed by atoms with Crippen molar-refractivity contribution >= 4 is 11.3 Å². The van der Waals surface area contributed by atoms with Crippen molar-refractivity contribution in [3.63, 3.8) is 0 Å². The van der Waals surface area contributed by atoms with E-state index in [-0.39, 0.29) is 5.82 Å². The number of thiazole rings is 1. The number of halogens is 1. The summed E-state index contributed by atoms with van der Waals surface area (Å²) in [6.45, 7) is 2.98. The van der Waals surface area contributed by atoms with Crippen LogP contribution in [0, 0.1) is 18.7 Å². The lowest BCUT2D eigenvalue weighted by atomic mass is 9.95. The number of aromatic nitrogens is 1. The number of aryl methyl sites for hydroxylation is 1. The highest BCUT2D eigenvalue weighted by atomic mass is 32.1. The molecule has 4 heteroatoms. The highest BCUT2D eigenvalue weighted by Crippen LogP contribution is 2.19. The van der Waals surface area contributed by atoms with Gasteiger partial charge in [0.25, 0.3) is 0 Å². The van der Waals surface area contributed by atoms with Gasteiger partial charge in [0, 0.05) is 11.1 Å². The molecule has 0 saturated heterocycles. The molecule has 2 aromatic rings. The van der Waals surface area contributed by atoms with Crippen molar-refractivity contribution in [3.8, 4) is 0 Å². The number of nitrogens with one attached hydrogen (secondary N) is 1. The zero-order valence-electron chi connectivity index (χ0n) is 11.3. The molecule has 1 aromatic heterocycles. The molecule has 0 saturated carbocycles. The van der Waals surface area contributed by atoms with Gasteiger partial charge in [0.1, 0.15) is 5.82 Å². The van der Waals surface area contributed by atoms with E-state index >= 15 is 0 Å². The van der Waals surface area contributed by atoms with E-state index in [0.717, 1.165) is 24.4 Å². The molecule has 1 atom stereocenters. The van der Waals surface area contributed by atoms with Crippen molar-refractivity contribution in [1.29, 1.82) is 0 Å². The number of hydrogen-bond donors (Lipinski definition) is 1. The van der Waals surface area contributed by atoms with Crippen LogP contribution in [-0.2, 0) is 12.8 Å². The molecule has 2 rings (SSSR count). The Morgan fingerprint density at radius 2 is 2.00 bits per heavy atom. The summed E-state index contributed by atoms with van der Waals surface area (Å²) in [5.41, 5.74) is 1.18. The standard InChI is InChI=1S/C15H19FN2S/c1-11-18-10-15(19-11)8-13(9-17-2)7-12-3-5-14(16)6-4-12/h3-6,10,13,17H,7-9H2,1-2H3. The number of rotatable bonds is 6. The summed E-state index contributed by atoms with van der Waals surface area (Å²) in [7, 11) is 1.97. The topological polar surface area (TPSA) is 24.9 Å². The van der Waals surface area contributed by atoms with Gasteiger partial charge >= 0.3 is 0 Å². The summed E-state index contributed by atoms with van der Waals surface area (Å²) in [4.78, 5) is 5.62. The summed E-state index contributed by atoms with van der Waals surface area (Å²) in [6.07, 6.45) is 3.94. The maximum Gasteiger partial charge on any atom is 0.123 e. The molecule has 102 valence electrons. The molecule has 0 fully saturated rings. The lowest BCUT2D eigenvalue weighted by Gasteiger charge is -2.15. The summed E-state index contributed by atoms with van der Waals surface area (Å²) in [5, 5.41) is 4.35. The first-order chi connectivity index (χ1) is 9.17. The maximum atomic E-state index is 12.9. The molecular weight excluding hydrogens is 259 g/mol. The average molecular weight is 278 g/mol. The highest BCUT2D eigenvalue weighted by Gasteiger charge is 2.12. The quantitative estimate of drug-likeness (QED) is 0.877. The molecule has 1 heterocycles. The molecule has 0 aliphatic rings. The van der Waals surface area contributed by atoms with Crippen LogP contribution in [0.5, 0.6) is 0 Å². The smallest absolute Gasteiger partial charge is 0.123 e. The Bertz CT molecular complexity index is 507. The van der Waals surface area contributed by atoms with Crippen molar-refractivity contribution in [2.75, 3.05) is 13.6 Å². The van der Waals surface area contributed by atoms with Crippen LogP contribution in [0.15, 0.2) is 30.5 Å². The Kier molecular flexibility index (Phi) is 5.05. The van der Waals surface area contributed by atoms with Crippen molar-refractivity contribution in [2.24, 2.45) is 5.92 Å². The summed E-state index contributed by atoms with van der Waals surface area (Å²) >= 11 is 1.76. The largest absolute Gasteiger partial charge is 0.319 e. The van der Waals surface area contributed by atoms with E-state index in [1.54, 1.807) is 11.3 Å². The average Bonchev–Trinajstić information content (AvgIpc) is 2.78. The number of nitrogens with zero attached hydrogens (tertiary/aromatic N) is 1. The summed E-state index contributed by atoms with van der Waals surface area (Å²) in [6, 6.07) is 6.80. The zero-order valence-corrected chi connectivity index (χ0v) is 12.1. The van der Waals surface area contributed by atoms with E-state index < -0.39 is 0 Å².